The van der Waals surface area contributed by atoms with Gasteiger partial charge in [0.1, 0.15) is 11.9 Å². The lowest BCUT2D eigenvalue weighted by atomic mass is 9.99. The Labute approximate surface area is 151 Å². The molecular weight excluding hydrogens is 340 g/mol. The van der Waals surface area contributed by atoms with Crippen molar-refractivity contribution in [1.82, 2.24) is 0 Å². The van der Waals surface area contributed by atoms with Gasteiger partial charge < -0.3 is 33.9 Å². The van der Waals surface area contributed by atoms with Crippen LogP contribution in [0, 0.1) is 0 Å². The molecule has 0 aromatic heterocycles. The zero-order valence-corrected chi connectivity index (χ0v) is 14.9. The molecule has 0 amide bonds. The normalized spacial score (nSPS) is 15.8. The van der Waals surface area contributed by atoms with E-state index in [9.17, 15) is 10.2 Å². The van der Waals surface area contributed by atoms with Crippen LogP contribution in [-0.2, 0) is 0 Å². The van der Waals surface area contributed by atoms with E-state index in [-0.39, 0.29) is 11.5 Å². The fourth-order valence-corrected chi connectivity index (χ4v) is 2.80. The molecule has 0 bridgehead atoms. The Hall–Kier alpha value is -3.06. The van der Waals surface area contributed by atoms with Crippen molar-refractivity contribution in [3.63, 3.8) is 0 Å². The first-order valence-corrected chi connectivity index (χ1v) is 7.81. The zero-order chi connectivity index (χ0) is 18.8. The molecule has 2 aromatic rings. The molecule has 0 radical (unpaired) electrons. The van der Waals surface area contributed by atoms with E-state index >= 15 is 0 Å². The van der Waals surface area contributed by atoms with Crippen molar-refractivity contribution in [3.05, 3.63) is 47.2 Å². The van der Waals surface area contributed by atoms with Gasteiger partial charge >= 0.3 is 0 Å². The highest BCUT2D eigenvalue weighted by molar-refractivity contribution is 5.71. The highest BCUT2D eigenvalue weighted by atomic mass is 16.5. The monoisotopic (exact) mass is 360 g/mol. The van der Waals surface area contributed by atoms with Crippen molar-refractivity contribution < 1.29 is 33.9 Å². The number of fused-ring (bicyclic) bond motifs is 1. The predicted octanol–water partition coefficient (Wildman–Crippen LogP) is 3.07. The van der Waals surface area contributed by atoms with Gasteiger partial charge in [-0.25, -0.2) is 0 Å². The van der Waals surface area contributed by atoms with Gasteiger partial charge in [0.15, 0.2) is 34.5 Å². The van der Waals surface area contributed by atoms with Gasteiger partial charge in [0.05, 0.1) is 28.4 Å². The van der Waals surface area contributed by atoms with Crippen LogP contribution in [0.15, 0.2) is 36.1 Å². The maximum absolute atomic E-state index is 10.5. The van der Waals surface area contributed by atoms with Crippen LogP contribution in [0.25, 0.3) is 5.76 Å². The molecule has 138 valence electrons. The summed E-state index contributed by atoms with van der Waals surface area (Å²) < 4.78 is 26.9. The summed E-state index contributed by atoms with van der Waals surface area (Å²) in [5.74, 6) is 2.07. The molecule has 1 unspecified atom stereocenters. The molecule has 3 rings (SSSR count). The molecule has 1 aliphatic rings. The van der Waals surface area contributed by atoms with Crippen LogP contribution in [0.2, 0.25) is 0 Å². The summed E-state index contributed by atoms with van der Waals surface area (Å²) in [5, 5.41) is 21.0. The zero-order valence-electron chi connectivity index (χ0n) is 14.9. The molecular formula is C19H20O7. The minimum Gasteiger partial charge on any atom is -0.506 e. The van der Waals surface area contributed by atoms with Crippen molar-refractivity contribution in [1.29, 1.82) is 0 Å². The SMILES string of the molecule is COc1ccc(C2=C(O)C(O)c3cc(OC)c(OC)cc3O2)cc1OC. The van der Waals surface area contributed by atoms with E-state index in [1.54, 1.807) is 30.3 Å². The van der Waals surface area contributed by atoms with Gasteiger partial charge in [0, 0.05) is 17.2 Å². The van der Waals surface area contributed by atoms with Crippen LogP contribution in [0.3, 0.4) is 0 Å². The molecule has 26 heavy (non-hydrogen) atoms. The van der Waals surface area contributed by atoms with E-state index in [1.807, 2.05) is 0 Å². The van der Waals surface area contributed by atoms with Crippen LogP contribution >= 0.6 is 0 Å². The van der Waals surface area contributed by atoms with Gasteiger partial charge in [-0.05, 0) is 24.3 Å². The Bertz CT molecular complexity index is 857. The van der Waals surface area contributed by atoms with Crippen LogP contribution in [0.1, 0.15) is 17.2 Å². The molecule has 7 heteroatoms. The Morgan fingerprint density at radius 2 is 1.38 bits per heavy atom. The molecule has 2 N–H and O–H groups in total. The van der Waals surface area contributed by atoms with Gasteiger partial charge in [-0.2, -0.15) is 0 Å². The lowest BCUT2D eigenvalue weighted by molar-refractivity contribution is 0.141. The number of ether oxygens (including phenoxy) is 5. The Morgan fingerprint density at radius 1 is 0.808 bits per heavy atom. The summed E-state index contributed by atoms with van der Waals surface area (Å²) in [5.41, 5.74) is 0.906. The topological polar surface area (TPSA) is 86.6 Å². The number of aliphatic hydroxyl groups is 2. The second-order valence-electron chi connectivity index (χ2n) is 5.53. The summed E-state index contributed by atoms with van der Waals surface area (Å²) in [6.07, 6.45) is -1.26. The van der Waals surface area contributed by atoms with E-state index in [0.29, 0.717) is 39.9 Å². The number of rotatable bonds is 5. The number of benzene rings is 2. The predicted molar refractivity (Wildman–Crippen MR) is 94.2 cm³/mol. The third-order valence-electron chi connectivity index (χ3n) is 4.16. The maximum atomic E-state index is 10.5. The second-order valence-corrected chi connectivity index (χ2v) is 5.53. The first-order valence-electron chi connectivity index (χ1n) is 7.81. The first kappa shape index (κ1) is 17.8. The average molecular weight is 360 g/mol. The summed E-state index contributed by atoms with van der Waals surface area (Å²) >= 11 is 0. The van der Waals surface area contributed by atoms with Gasteiger partial charge in [-0.1, -0.05) is 0 Å². The smallest absolute Gasteiger partial charge is 0.175 e. The molecule has 0 saturated heterocycles. The van der Waals surface area contributed by atoms with Crippen molar-refractivity contribution in [3.8, 4) is 28.7 Å². The highest BCUT2D eigenvalue weighted by Crippen LogP contribution is 2.45. The lowest BCUT2D eigenvalue weighted by Gasteiger charge is -2.26. The number of aliphatic hydroxyl groups excluding tert-OH is 2. The quantitative estimate of drug-likeness (QED) is 0.847. The third-order valence-corrected chi connectivity index (χ3v) is 4.16. The van der Waals surface area contributed by atoms with Gasteiger partial charge in [0.25, 0.3) is 0 Å². The van der Waals surface area contributed by atoms with Crippen molar-refractivity contribution in [2.24, 2.45) is 0 Å². The van der Waals surface area contributed by atoms with E-state index < -0.39 is 6.10 Å². The first-order chi connectivity index (χ1) is 12.5. The van der Waals surface area contributed by atoms with Crippen LogP contribution in [-0.4, -0.2) is 38.7 Å². The van der Waals surface area contributed by atoms with Gasteiger partial charge in [-0.15, -0.1) is 0 Å². The molecule has 0 spiro atoms. The van der Waals surface area contributed by atoms with E-state index in [4.69, 9.17) is 23.7 Å². The molecule has 7 nitrogen and oxygen atoms in total. The number of hydrogen-bond donors (Lipinski definition) is 2. The van der Waals surface area contributed by atoms with Crippen molar-refractivity contribution >= 4 is 5.76 Å². The van der Waals surface area contributed by atoms with Crippen molar-refractivity contribution in [2.45, 2.75) is 6.10 Å². The largest absolute Gasteiger partial charge is 0.506 e. The van der Waals surface area contributed by atoms with E-state index in [0.717, 1.165) is 0 Å². The minimum atomic E-state index is -1.26. The minimum absolute atomic E-state index is 0.123. The van der Waals surface area contributed by atoms with Gasteiger partial charge in [-0.3, -0.25) is 0 Å². The Morgan fingerprint density at radius 3 is 2.00 bits per heavy atom. The van der Waals surface area contributed by atoms with Crippen molar-refractivity contribution in [2.75, 3.05) is 28.4 Å². The molecule has 2 aromatic carbocycles. The summed E-state index contributed by atoms with van der Waals surface area (Å²) in [6.45, 7) is 0. The summed E-state index contributed by atoms with van der Waals surface area (Å²) in [7, 11) is 6.04. The fourth-order valence-electron chi connectivity index (χ4n) is 2.80. The standard InChI is InChI=1S/C19H20O7/c1-22-12-6-5-10(7-14(12)23-2)19-18(21)17(20)11-8-15(24-3)16(25-4)9-13(11)26-19/h5-9,17,20-21H,1-4H3. The van der Waals surface area contributed by atoms with E-state index in [2.05, 4.69) is 0 Å². The van der Waals surface area contributed by atoms with Crippen LogP contribution in [0.4, 0.5) is 0 Å². The third kappa shape index (κ3) is 2.86. The molecule has 0 fully saturated rings. The average Bonchev–Trinajstić information content (AvgIpc) is 2.69. The molecule has 1 heterocycles. The molecule has 1 aliphatic heterocycles. The lowest BCUT2D eigenvalue weighted by Crippen LogP contribution is -2.15. The van der Waals surface area contributed by atoms with Crippen LogP contribution < -0.4 is 23.7 Å². The van der Waals surface area contributed by atoms with Crippen LogP contribution in [0.5, 0.6) is 28.7 Å². The molecule has 0 aliphatic carbocycles. The fraction of sp³-hybridized carbons (Fsp3) is 0.263. The Kier molecular flexibility index (Phi) is 4.81. The highest BCUT2D eigenvalue weighted by Gasteiger charge is 2.31. The van der Waals surface area contributed by atoms with Gasteiger partial charge in [0.2, 0.25) is 0 Å². The van der Waals surface area contributed by atoms with E-state index in [1.165, 1.54) is 28.4 Å². The maximum Gasteiger partial charge on any atom is 0.175 e. The summed E-state index contributed by atoms with van der Waals surface area (Å²) in [6, 6.07) is 8.22. The molecule has 0 saturated carbocycles. The Balaban J connectivity index is 2.08. The number of hydrogen-bond acceptors (Lipinski definition) is 7. The second kappa shape index (κ2) is 7.05. The summed E-state index contributed by atoms with van der Waals surface area (Å²) in [4.78, 5) is 0. The molecule has 1 atom stereocenters. The number of methoxy groups -OCH3 is 4.